The van der Waals surface area contributed by atoms with Crippen LogP contribution in [0.1, 0.15) is 15.9 Å². The number of fused-ring (bicyclic) bond motifs is 1. The first-order chi connectivity index (χ1) is 11.7. The molecule has 0 spiro atoms. The number of nitrogens with zero attached hydrogens (tertiary/aromatic N) is 3. The van der Waals surface area contributed by atoms with Gasteiger partial charge >= 0.3 is 6.09 Å². The minimum atomic E-state index is -0.564. The predicted molar refractivity (Wildman–Crippen MR) is 89.0 cm³/mol. The number of hydrogen-bond acceptors (Lipinski definition) is 5. The van der Waals surface area contributed by atoms with Gasteiger partial charge < -0.3 is 4.74 Å². The summed E-state index contributed by atoms with van der Waals surface area (Å²) in [6, 6.07) is 10.6. The number of aromatic nitrogens is 2. The summed E-state index contributed by atoms with van der Waals surface area (Å²) in [6.45, 7) is 0. The molecule has 0 saturated carbocycles. The maximum atomic E-state index is 12.4. The Morgan fingerprint density at radius 3 is 2.71 bits per heavy atom. The molecule has 0 unspecified atom stereocenters. The van der Waals surface area contributed by atoms with Crippen LogP contribution in [-0.2, 0) is 4.74 Å². The maximum absolute atomic E-state index is 12.4. The Morgan fingerprint density at radius 2 is 1.96 bits per heavy atom. The Balaban J connectivity index is 1.87. The molecule has 0 aliphatic heterocycles. The molecule has 120 valence electrons. The molecule has 0 saturated heterocycles. The zero-order chi connectivity index (χ0) is 16.9. The molecule has 0 aliphatic rings. The van der Waals surface area contributed by atoms with Gasteiger partial charge in [-0.2, -0.15) is 5.10 Å². The highest BCUT2D eigenvalue weighted by molar-refractivity contribution is 6.09. The van der Waals surface area contributed by atoms with Crippen LogP contribution in [0.15, 0.2) is 60.1 Å². The van der Waals surface area contributed by atoms with E-state index in [1.54, 1.807) is 48.8 Å². The second-order valence-corrected chi connectivity index (χ2v) is 4.88. The average molecular weight is 322 g/mol. The molecule has 2 aromatic heterocycles. The van der Waals surface area contributed by atoms with E-state index in [4.69, 9.17) is 4.74 Å². The number of methoxy groups -OCH3 is 1. The normalized spacial score (nSPS) is 10.9. The molecule has 0 fully saturated rings. The van der Waals surface area contributed by atoms with Gasteiger partial charge in [-0.3, -0.25) is 14.3 Å². The van der Waals surface area contributed by atoms with Gasteiger partial charge in [-0.25, -0.2) is 10.2 Å². The van der Waals surface area contributed by atoms with Gasteiger partial charge in [0.15, 0.2) is 0 Å². The molecule has 7 heteroatoms. The molecule has 1 N–H and O–H groups in total. The van der Waals surface area contributed by atoms with E-state index < -0.39 is 12.0 Å². The summed E-state index contributed by atoms with van der Waals surface area (Å²) < 4.78 is 6.02. The van der Waals surface area contributed by atoms with E-state index in [1.807, 2.05) is 0 Å². The molecular weight excluding hydrogens is 308 g/mol. The van der Waals surface area contributed by atoms with Crippen molar-refractivity contribution >= 4 is 29.1 Å². The highest BCUT2D eigenvalue weighted by atomic mass is 16.5. The molecule has 3 aromatic rings. The van der Waals surface area contributed by atoms with Crippen LogP contribution in [0.2, 0.25) is 0 Å². The third kappa shape index (κ3) is 3.00. The maximum Gasteiger partial charge on any atom is 0.418 e. The van der Waals surface area contributed by atoms with Crippen molar-refractivity contribution in [2.75, 3.05) is 7.11 Å². The van der Waals surface area contributed by atoms with Crippen molar-refractivity contribution in [2.24, 2.45) is 5.10 Å². The number of benzene rings is 1. The Labute approximate surface area is 137 Å². The molecule has 0 atom stereocenters. The fourth-order valence-electron chi connectivity index (χ4n) is 2.29. The number of carbonyl (C=O) groups excluding carboxylic acids is 2. The Kier molecular flexibility index (Phi) is 4.33. The summed E-state index contributed by atoms with van der Waals surface area (Å²) in [5.74, 6) is -0.417. The molecule has 2 heterocycles. The molecule has 24 heavy (non-hydrogen) atoms. The summed E-state index contributed by atoms with van der Waals surface area (Å²) in [5.41, 5.74) is 4.19. The smallest absolute Gasteiger partial charge is 0.418 e. The molecular formula is C17H14N4O3. The van der Waals surface area contributed by atoms with Gasteiger partial charge in [0, 0.05) is 24.0 Å². The van der Waals surface area contributed by atoms with Crippen molar-refractivity contribution in [3.8, 4) is 0 Å². The number of ether oxygens (including phenoxy) is 1. The lowest BCUT2D eigenvalue weighted by molar-refractivity contribution is 0.0956. The van der Waals surface area contributed by atoms with Gasteiger partial charge in [-0.05, 0) is 23.8 Å². The van der Waals surface area contributed by atoms with Crippen molar-refractivity contribution in [1.29, 1.82) is 0 Å². The van der Waals surface area contributed by atoms with Gasteiger partial charge in [0.1, 0.15) is 0 Å². The first kappa shape index (κ1) is 15.4. The molecule has 0 radical (unpaired) electrons. The van der Waals surface area contributed by atoms with Gasteiger partial charge in [-0.1, -0.05) is 18.2 Å². The van der Waals surface area contributed by atoms with Gasteiger partial charge in [0.2, 0.25) is 0 Å². The number of amides is 1. The van der Waals surface area contributed by atoms with Crippen LogP contribution in [0.5, 0.6) is 0 Å². The molecule has 0 aliphatic carbocycles. The summed E-state index contributed by atoms with van der Waals surface area (Å²) in [5, 5.41) is 4.56. The molecule has 1 amide bonds. The first-order valence-corrected chi connectivity index (χ1v) is 7.12. The van der Waals surface area contributed by atoms with E-state index in [0.717, 1.165) is 5.56 Å². The largest absolute Gasteiger partial charge is 0.452 e. The number of pyridine rings is 1. The summed E-state index contributed by atoms with van der Waals surface area (Å²) in [4.78, 5) is 28.1. The topological polar surface area (TPSA) is 85.6 Å². The van der Waals surface area contributed by atoms with E-state index >= 15 is 0 Å². The quantitative estimate of drug-likeness (QED) is 0.593. The van der Waals surface area contributed by atoms with Crippen LogP contribution < -0.4 is 5.43 Å². The highest BCUT2D eigenvalue weighted by Gasteiger charge is 2.17. The SMILES string of the molecule is COC(=O)n1cc(C(=O)N/N=C/c2ccncc2)c2ccccc21. The fraction of sp³-hybridized carbons (Fsp3) is 0.0588. The Bertz CT molecular complexity index is 916. The van der Waals surface area contributed by atoms with E-state index in [1.165, 1.54) is 24.1 Å². The Morgan fingerprint density at radius 1 is 1.21 bits per heavy atom. The second-order valence-electron chi connectivity index (χ2n) is 4.88. The minimum Gasteiger partial charge on any atom is -0.452 e. The molecule has 3 rings (SSSR count). The Hall–Kier alpha value is -3.48. The summed E-state index contributed by atoms with van der Waals surface area (Å²) in [7, 11) is 1.29. The van der Waals surface area contributed by atoms with Crippen molar-refractivity contribution < 1.29 is 14.3 Å². The van der Waals surface area contributed by atoms with Crippen LogP contribution in [0.3, 0.4) is 0 Å². The number of hydrazone groups is 1. The fourth-order valence-corrected chi connectivity index (χ4v) is 2.29. The first-order valence-electron chi connectivity index (χ1n) is 7.12. The number of rotatable bonds is 3. The van der Waals surface area contributed by atoms with Crippen molar-refractivity contribution in [3.05, 3.63) is 66.1 Å². The zero-order valence-corrected chi connectivity index (χ0v) is 12.8. The summed E-state index contributed by atoms with van der Waals surface area (Å²) >= 11 is 0. The van der Waals surface area contributed by atoms with E-state index in [0.29, 0.717) is 16.5 Å². The summed E-state index contributed by atoms with van der Waals surface area (Å²) in [6.07, 6.45) is 5.65. The molecule has 1 aromatic carbocycles. The molecule has 7 nitrogen and oxygen atoms in total. The van der Waals surface area contributed by atoms with Gasteiger partial charge in [0.05, 0.1) is 24.4 Å². The lowest BCUT2D eigenvalue weighted by Gasteiger charge is -2.00. The third-order valence-corrected chi connectivity index (χ3v) is 3.41. The number of hydrogen-bond donors (Lipinski definition) is 1. The monoisotopic (exact) mass is 322 g/mol. The lowest BCUT2D eigenvalue weighted by Crippen LogP contribution is -2.17. The van der Waals surface area contributed by atoms with Crippen LogP contribution in [0.4, 0.5) is 4.79 Å². The average Bonchev–Trinajstić information content (AvgIpc) is 3.02. The van der Waals surface area contributed by atoms with Crippen molar-refractivity contribution in [3.63, 3.8) is 0 Å². The van der Waals surface area contributed by atoms with Crippen LogP contribution in [0.25, 0.3) is 10.9 Å². The van der Waals surface area contributed by atoms with Crippen LogP contribution in [-0.4, -0.2) is 34.9 Å². The van der Waals surface area contributed by atoms with Crippen LogP contribution in [0, 0.1) is 0 Å². The van der Waals surface area contributed by atoms with E-state index in [2.05, 4.69) is 15.5 Å². The molecule has 0 bridgehead atoms. The number of nitrogens with one attached hydrogen (secondary N) is 1. The highest BCUT2D eigenvalue weighted by Crippen LogP contribution is 2.21. The van der Waals surface area contributed by atoms with Crippen molar-refractivity contribution in [1.82, 2.24) is 15.0 Å². The van der Waals surface area contributed by atoms with Crippen LogP contribution >= 0.6 is 0 Å². The zero-order valence-electron chi connectivity index (χ0n) is 12.8. The van der Waals surface area contributed by atoms with Gasteiger partial charge in [0.25, 0.3) is 5.91 Å². The second kappa shape index (κ2) is 6.74. The standard InChI is InChI=1S/C17H14N4O3/c1-24-17(23)21-11-14(13-4-2-3-5-15(13)21)16(22)20-19-10-12-6-8-18-9-7-12/h2-11H,1H3,(H,20,22)/b19-10+. The third-order valence-electron chi connectivity index (χ3n) is 3.41. The predicted octanol–water partition coefficient (Wildman–Crippen LogP) is 2.41. The number of carbonyl (C=O) groups is 2. The minimum absolute atomic E-state index is 0.336. The van der Waals surface area contributed by atoms with Crippen molar-refractivity contribution in [2.45, 2.75) is 0 Å². The lowest BCUT2D eigenvalue weighted by atomic mass is 10.2. The van der Waals surface area contributed by atoms with E-state index in [-0.39, 0.29) is 0 Å². The number of para-hydroxylation sites is 1. The van der Waals surface area contributed by atoms with E-state index in [9.17, 15) is 9.59 Å². The van der Waals surface area contributed by atoms with Gasteiger partial charge in [-0.15, -0.1) is 0 Å².